The maximum absolute atomic E-state index is 12.3. The summed E-state index contributed by atoms with van der Waals surface area (Å²) in [4.78, 5) is 12.3. The molecule has 3 rings (SSSR count). The van der Waals surface area contributed by atoms with Gasteiger partial charge in [-0.1, -0.05) is 55.4 Å². The van der Waals surface area contributed by atoms with Gasteiger partial charge in [0.1, 0.15) is 0 Å². The van der Waals surface area contributed by atoms with Crippen LogP contribution in [-0.4, -0.2) is 32.5 Å². The van der Waals surface area contributed by atoms with Gasteiger partial charge in [-0.25, -0.2) is 0 Å². The first-order valence-corrected chi connectivity index (χ1v) is 10.5. The minimum absolute atomic E-state index is 0.0122. The number of nitrogens with zero attached hydrogens (tertiary/aromatic N) is 3. The topological polar surface area (TPSA) is 59.8 Å². The highest BCUT2D eigenvalue weighted by atomic mass is 35.5. The summed E-state index contributed by atoms with van der Waals surface area (Å²) >= 11 is 7.39. The van der Waals surface area contributed by atoms with Gasteiger partial charge in [0, 0.05) is 22.3 Å². The van der Waals surface area contributed by atoms with Crippen LogP contribution >= 0.6 is 23.4 Å². The number of aromatic nitrogens is 3. The lowest BCUT2D eigenvalue weighted by molar-refractivity contribution is -0.119. The van der Waals surface area contributed by atoms with Gasteiger partial charge in [-0.05, 0) is 49.2 Å². The molecular formula is C21H23ClN4OS. The van der Waals surface area contributed by atoms with Crippen LogP contribution in [-0.2, 0) is 4.79 Å². The molecule has 0 aliphatic carbocycles. The molecule has 28 heavy (non-hydrogen) atoms. The van der Waals surface area contributed by atoms with Crippen molar-refractivity contribution in [2.45, 2.75) is 32.0 Å². The van der Waals surface area contributed by atoms with Gasteiger partial charge in [-0.15, -0.1) is 10.2 Å². The Kier molecular flexibility index (Phi) is 6.75. The molecule has 1 N–H and O–H groups in total. The number of halogens is 1. The zero-order valence-electron chi connectivity index (χ0n) is 16.1. The molecule has 0 spiro atoms. The number of rotatable bonds is 7. The quantitative estimate of drug-likeness (QED) is 0.562. The summed E-state index contributed by atoms with van der Waals surface area (Å²) in [6.45, 7) is 6.18. The number of carbonyl (C=O) groups excluding carboxylic acids is 1. The molecule has 5 nitrogen and oxygen atoms in total. The molecule has 0 saturated heterocycles. The van der Waals surface area contributed by atoms with E-state index in [1.807, 2.05) is 66.1 Å². The maximum atomic E-state index is 12.3. The van der Waals surface area contributed by atoms with Crippen molar-refractivity contribution in [2.24, 2.45) is 5.92 Å². The van der Waals surface area contributed by atoms with Crippen LogP contribution in [0.3, 0.4) is 0 Å². The largest absolute Gasteiger partial charge is 0.353 e. The average Bonchev–Trinajstić information content (AvgIpc) is 3.11. The smallest absolute Gasteiger partial charge is 0.230 e. The zero-order chi connectivity index (χ0) is 20.1. The fourth-order valence-corrected chi connectivity index (χ4v) is 3.44. The highest BCUT2D eigenvalue weighted by Gasteiger charge is 2.18. The molecule has 1 heterocycles. The maximum Gasteiger partial charge on any atom is 0.230 e. The predicted octanol–water partition coefficient (Wildman–Crippen LogP) is 4.84. The molecule has 146 valence electrons. The van der Waals surface area contributed by atoms with E-state index in [1.54, 1.807) is 0 Å². The van der Waals surface area contributed by atoms with Gasteiger partial charge in [0.05, 0.1) is 5.75 Å². The second kappa shape index (κ2) is 9.26. The molecule has 0 bridgehead atoms. The summed E-state index contributed by atoms with van der Waals surface area (Å²) in [5.41, 5.74) is 1.85. The Bertz CT molecular complexity index is 925. The molecule has 0 saturated carbocycles. The molecule has 0 unspecified atom stereocenters. The van der Waals surface area contributed by atoms with Gasteiger partial charge >= 0.3 is 0 Å². The summed E-state index contributed by atoms with van der Waals surface area (Å²) in [6.07, 6.45) is 0. The van der Waals surface area contributed by atoms with E-state index in [0.29, 0.717) is 21.9 Å². The number of amides is 1. The van der Waals surface area contributed by atoms with E-state index in [2.05, 4.69) is 29.4 Å². The Morgan fingerprint density at radius 3 is 2.39 bits per heavy atom. The van der Waals surface area contributed by atoms with E-state index >= 15 is 0 Å². The number of nitrogens with one attached hydrogen (secondary N) is 1. The third kappa shape index (κ3) is 4.94. The number of carbonyl (C=O) groups is 1. The Balaban J connectivity index is 1.87. The Morgan fingerprint density at radius 1 is 1.07 bits per heavy atom. The van der Waals surface area contributed by atoms with E-state index in [1.165, 1.54) is 11.8 Å². The highest BCUT2D eigenvalue weighted by molar-refractivity contribution is 7.99. The molecule has 0 radical (unpaired) electrons. The third-order valence-electron chi connectivity index (χ3n) is 4.47. The van der Waals surface area contributed by atoms with E-state index in [9.17, 15) is 4.79 Å². The minimum Gasteiger partial charge on any atom is -0.353 e. The lowest BCUT2D eigenvalue weighted by Crippen LogP contribution is -2.37. The van der Waals surface area contributed by atoms with Crippen LogP contribution in [0.5, 0.6) is 0 Å². The third-order valence-corrected chi connectivity index (χ3v) is 5.65. The number of benzene rings is 2. The van der Waals surface area contributed by atoms with Gasteiger partial charge < -0.3 is 5.32 Å². The van der Waals surface area contributed by atoms with Crippen molar-refractivity contribution >= 4 is 29.3 Å². The van der Waals surface area contributed by atoms with Crippen molar-refractivity contribution in [3.63, 3.8) is 0 Å². The summed E-state index contributed by atoms with van der Waals surface area (Å²) < 4.78 is 1.97. The first-order valence-electron chi connectivity index (χ1n) is 9.14. The molecule has 1 atom stereocenters. The Labute approximate surface area is 174 Å². The monoisotopic (exact) mass is 414 g/mol. The Morgan fingerprint density at radius 2 is 1.75 bits per heavy atom. The summed E-state index contributed by atoms with van der Waals surface area (Å²) in [5.74, 6) is 1.37. The lowest BCUT2D eigenvalue weighted by atomic mass is 10.1. The number of hydrogen-bond donors (Lipinski definition) is 1. The predicted molar refractivity (Wildman–Crippen MR) is 115 cm³/mol. The normalized spacial score (nSPS) is 12.2. The summed E-state index contributed by atoms with van der Waals surface area (Å²) in [6, 6.07) is 17.5. The van der Waals surface area contributed by atoms with Crippen molar-refractivity contribution in [1.82, 2.24) is 20.1 Å². The standard InChI is InChI=1S/C21H23ClN4OS/c1-14(2)15(3)23-19(27)13-28-21-25-24-20(16-9-11-17(22)12-10-16)26(21)18-7-5-4-6-8-18/h4-12,14-15H,13H2,1-3H3,(H,23,27)/t15-/m0/s1. The van der Waals surface area contributed by atoms with Crippen molar-refractivity contribution in [1.29, 1.82) is 0 Å². The molecule has 1 aromatic heterocycles. The van der Waals surface area contributed by atoms with Crippen LogP contribution in [0.15, 0.2) is 59.8 Å². The van der Waals surface area contributed by atoms with Crippen LogP contribution in [0, 0.1) is 5.92 Å². The van der Waals surface area contributed by atoms with E-state index in [4.69, 9.17) is 11.6 Å². The highest BCUT2D eigenvalue weighted by Crippen LogP contribution is 2.28. The Hall–Kier alpha value is -2.31. The molecule has 0 aliphatic heterocycles. The van der Waals surface area contributed by atoms with Crippen molar-refractivity contribution in [2.75, 3.05) is 5.75 Å². The van der Waals surface area contributed by atoms with Crippen molar-refractivity contribution < 1.29 is 4.79 Å². The molecule has 7 heteroatoms. The SMILES string of the molecule is CC(C)[C@H](C)NC(=O)CSc1nnc(-c2ccc(Cl)cc2)n1-c1ccccc1. The molecule has 1 amide bonds. The number of thioether (sulfide) groups is 1. The molecule has 2 aromatic carbocycles. The minimum atomic E-state index is -0.0122. The van der Waals surface area contributed by atoms with Crippen molar-refractivity contribution in [3.8, 4) is 17.1 Å². The molecular weight excluding hydrogens is 392 g/mol. The van der Waals surface area contributed by atoms with Gasteiger partial charge in [-0.2, -0.15) is 0 Å². The second-order valence-corrected chi connectivity index (χ2v) is 8.25. The van der Waals surface area contributed by atoms with Crippen LogP contribution in [0.4, 0.5) is 0 Å². The lowest BCUT2D eigenvalue weighted by Gasteiger charge is -2.17. The number of para-hydroxylation sites is 1. The fourth-order valence-electron chi connectivity index (χ4n) is 2.55. The van der Waals surface area contributed by atoms with Gasteiger partial charge in [0.25, 0.3) is 0 Å². The summed E-state index contributed by atoms with van der Waals surface area (Å²) in [7, 11) is 0. The zero-order valence-corrected chi connectivity index (χ0v) is 17.7. The fraction of sp³-hybridized carbons (Fsp3) is 0.286. The first kappa shape index (κ1) is 20.4. The van der Waals surface area contributed by atoms with Crippen molar-refractivity contribution in [3.05, 3.63) is 59.6 Å². The van der Waals surface area contributed by atoms with Crippen LogP contribution in [0.2, 0.25) is 5.02 Å². The van der Waals surface area contributed by atoms with Crippen LogP contribution in [0.1, 0.15) is 20.8 Å². The summed E-state index contributed by atoms with van der Waals surface area (Å²) in [5, 5.41) is 13.1. The average molecular weight is 415 g/mol. The molecule has 0 aliphatic rings. The second-order valence-electron chi connectivity index (χ2n) is 6.87. The van der Waals surface area contributed by atoms with E-state index in [0.717, 1.165) is 11.3 Å². The first-order chi connectivity index (χ1) is 13.5. The number of hydrogen-bond acceptors (Lipinski definition) is 4. The van der Waals surface area contributed by atoms with Crippen LogP contribution < -0.4 is 5.32 Å². The molecule has 0 fully saturated rings. The van der Waals surface area contributed by atoms with Gasteiger partial charge in [0.2, 0.25) is 5.91 Å². The van der Waals surface area contributed by atoms with Gasteiger partial charge in [-0.3, -0.25) is 9.36 Å². The van der Waals surface area contributed by atoms with Crippen LogP contribution in [0.25, 0.3) is 17.1 Å². The van der Waals surface area contributed by atoms with Gasteiger partial charge in [0.15, 0.2) is 11.0 Å². The molecule has 3 aromatic rings. The van der Waals surface area contributed by atoms with E-state index < -0.39 is 0 Å². The van der Waals surface area contributed by atoms with E-state index in [-0.39, 0.29) is 17.7 Å².